The molecule has 1 fully saturated rings. The number of hydrogen-bond donors (Lipinski definition) is 15. The van der Waals surface area contributed by atoms with E-state index in [1.54, 1.807) is 0 Å². The second-order valence-corrected chi connectivity index (χ2v) is 17.9. The van der Waals surface area contributed by atoms with Crippen LogP contribution >= 0.6 is 0 Å². The second-order valence-electron chi connectivity index (χ2n) is 17.9. The number of benzene rings is 5. The molecule has 0 saturated carbocycles. The molecule has 6 heterocycles. The number of esters is 4. The van der Waals surface area contributed by atoms with Crippen molar-refractivity contribution >= 4 is 35.2 Å². The number of aromatic hydroxyl groups is 12. The number of Topliss-reactive ketones (excluding diaryl/α,β-unsaturated/α-hetero) is 1. The molecule has 1 aliphatic carbocycles. The summed E-state index contributed by atoms with van der Waals surface area (Å²) in [6, 6.07) is 5.61. The van der Waals surface area contributed by atoms with Gasteiger partial charge in [0.05, 0.1) is 28.7 Å². The first-order valence-corrected chi connectivity index (χ1v) is 21.7. The number of cyclic esters (lactones) is 2. The zero-order valence-corrected chi connectivity index (χ0v) is 36.8. The summed E-state index contributed by atoms with van der Waals surface area (Å²) in [5.41, 5.74) is -10.8. The van der Waals surface area contributed by atoms with Crippen molar-refractivity contribution in [2.75, 3.05) is 6.61 Å². The first kappa shape index (κ1) is 46.7. The fourth-order valence-electron chi connectivity index (χ4n) is 10.7. The highest BCUT2D eigenvalue weighted by Gasteiger charge is 2.76. The third kappa shape index (κ3) is 6.14. The third-order valence-corrected chi connectivity index (χ3v) is 13.9. The molecular weight excluding hydrogens is 993 g/mol. The van der Waals surface area contributed by atoms with Crippen LogP contribution in [0.25, 0.3) is 16.7 Å². The summed E-state index contributed by atoms with van der Waals surface area (Å²) in [4.78, 5) is 73.5. The molecule has 4 bridgehead atoms. The molecule has 0 aromatic heterocycles. The van der Waals surface area contributed by atoms with Crippen LogP contribution in [-0.4, -0.2) is 149 Å². The van der Waals surface area contributed by atoms with E-state index in [9.17, 15) is 95.8 Å². The molecule has 0 amide bonds. The van der Waals surface area contributed by atoms with E-state index < -0.39 is 222 Å². The number of rotatable bonds is 2. The highest BCUT2D eigenvalue weighted by atomic mass is 16.6. The smallest absolute Gasteiger partial charge is 0.339 e. The molecule has 15 N–H and O–H groups in total. The maximum atomic E-state index is 15.1. The minimum absolute atomic E-state index is 0.0112. The monoisotopic (exact) mass is 1030 g/mol. The Hall–Kier alpha value is -9.69. The van der Waals surface area contributed by atoms with Crippen molar-refractivity contribution < 1.29 is 129 Å². The fourth-order valence-corrected chi connectivity index (χ4v) is 10.7. The molecule has 0 unspecified atom stereocenters. The van der Waals surface area contributed by atoms with E-state index in [2.05, 4.69) is 0 Å². The Bertz CT molecular complexity index is 3490. The van der Waals surface area contributed by atoms with E-state index in [0.717, 1.165) is 18.2 Å². The average molecular weight is 1030 g/mol. The van der Waals surface area contributed by atoms with E-state index in [-0.39, 0.29) is 16.7 Å². The van der Waals surface area contributed by atoms with Gasteiger partial charge in [-0.3, -0.25) is 9.59 Å². The van der Waals surface area contributed by atoms with Gasteiger partial charge >= 0.3 is 23.9 Å². The van der Waals surface area contributed by atoms with Gasteiger partial charge in [-0.25, -0.2) is 14.4 Å². The van der Waals surface area contributed by atoms with Crippen LogP contribution in [0.2, 0.25) is 0 Å². The van der Waals surface area contributed by atoms with Gasteiger partial charge in [0.2, 0.25) is 28.6 Å². The molecule has 26 nitrogen and oxygen atoms in total. The molecule has 12 rings (SSSR count). The quantitative estimate of drug-likeness (QED) is 0.0676. The molecule has 1 saturated heterocycles. The summed E-state index contributed by atoms with van der Waals surface area (Å²) in [5, 5.41) is 165. The Morgan fingerprint density at radius 3 is 1.66 bits per heavy atom. The number of ketones is 1. The van der Waals surface area contributed by atoms with E-state index in [1.807, 2.05) is 0 Å². The third-order valence-electron chi connectivity index (χ3n) is 13.9. The predicted octanol–water partition coefficient (Wildman–Crippen LogP) is 1.46. The largest absolute Gasteiger partial charge is 0.507 e. The van der Waals surface area contributed by atoms with Gasteiger partial charge in [0, 0.05) is 45.9 Å². The Balaban J connectivity index is 1.17. The molecule has 0 radical (unpaired) electrons. The molecule has 74 heavy (non-hydrogen) atoms. The number of carbonyl (C=O) groups excluding carboxylic acids is 5. The number of aliphatic hydroxyl groups is 3. The number of hydrogen-bond acceptors (Lipinski definition) is 26. The van der Waals surface area contributed by atoms with Gasteiger partial charge in [-0.05, 0) is 35.9 Å². The molecule has 7 aliphatic rings. The number of fused-ring (bicyclic) bond motifs is 9. The number of ether oxygens (including phenoxy) is 6. The molecule has 5 aromatic carbocycles. The van der Waals surface area contributed by atoms with Gasteiger partial charge in [0.15, 0.2) is 70.1 Å². The lowest BCUT2D eigenvalue weighted by molar-refractivity contribution is -0.200. The summed E-state index contributed by atoms with van der Waals surface area (Å²) in [7, 11) is 0. The van der Waals surface area contributed by atoms with Gasteiger partial charge in [0.1, 0.15) is 42.0 Å². The zero-order valence-electron chi connectivity index (χ0n) is 36.8. The van der Waals surface area contributed by atoms with Crippen molar-refractivity contribution in [2.24, 2.45) is 5.92 Å². The molecule has 26 heteroatoms. The van der Waals surface area contributed by atoms with Crippen molar-refractivity contribution in [3.05, 3.63) is 87.2 Å². The topological polar surface area (TPSA) is 444 Å². The average Bonchev–Trinajstić information content (AvgIpc) is 3.90. The van der Waals surface area contributed by atoms with Crippen molar-refractivity contribution in [3.63, 3.8) is 0 Å². The van der Waals surface area contributed by atoms with Gasteiger partial charge in [0.25, 0.3) is 0 Å². The van der Waals surface area contributed by atoms with E-state index in [1.165, 1.54) is 6.07 Å². The van der Waals surface area contributed by atoms with Gasteiger partial charge < -0.3 is 105 Å². The maximum absolute atomic E-state index is 15.1. The summed E-state index contributed by atoms with van der Waals surface area (Å²) in [6.45, 7) is -1.37. The van der Waals surface area contributed by atoms with Crippen LogP contribution in [0.4, 0.5) is 0 Å². The van der Waals surface area contributed by atoms with E-state index >= 15 is 4.79 Å². The highest BCUT2D eigenvalue weighted by Crippen LogP contribution is 2.67. The predicted molar refractivity (Wildman–Crippen MR) is 233 cm³/mol. The second kappa shape index (κ2) is 15.7. The molecule has 382 valence electrons. The minimum Gasteiger partial charge on any atom is -0.507 e. The van der Waals surface area contributed by atoms with Gasteiger partial charge in [-0.1, -0.05) is 6.07 Å². The Morgan fingerprint density at radius 2 is 1.07 bits per heavy atom. The van der Waals surface area contributed by atoms with Crippen molar-refractivity contribution in [3.8, 4) is 91.6 Å². The lowest BCUT2D eigenvalue weighted by atomic mass is 9.66. The van der Waals surface area contributed by atoms with Gasteiger partial charge in [-0.2, -0.15) is 0 Å². The Morgan fingerprint density at radius 1 is 0.514 bits per heavy atom. The van der Waals surface area contributed by atoms with E-state index in [4.69, 9.17) is 28.4 Å². The maximum Gasteiger partial charge on any atom is 0.339 e. The summed E-state index contributed by atoms with van der Waals surface area (Å²) in [6.07, 6.45) is -13.8. The zero-order chi connectivity index (χ0) is 53.0. The van der Waals surface area contributed by atoms with Crippen LogP contribution < -0.4 is 9.47 Å². The van der Waals surface area contributed by atoms with Crippen LogP contribution in [0.1, 0.15) is 65.3 Å². The summed E-state index contributed by atoms with van der Waals surface area (Å²) >= 11 is 0. The van der Waals surface area contributed by atoms with Crippen LogP contribution in [-0.2, 0) is 35.0 Å². The highest BCUT2D eigenvalue weighted by molar-refractivity contribution is 6.21. The fraction of sp³-hybridized carbons (Fsp3) is 0.229. The van der Waals surface area contributed by atoms with Crippen LogP contribution in [0.5, 0.6) is 80.5 Å². The lowest BCUT2D eigenvalue weighted by Gasteiger charge is -2.47. The van der Waals surface area contributed by atoms with Gasteiger partial charge in [-0.15, -0.1) is 0 Å². The van der Waals surface area contributed by atoms with Crippen LogP contribution in [0, 0.1) is 5.92 Å². The minimum atomic E-state index is -2.94. The lowest BCUT2D eigenvalue weighted by Crippen LogP contribution is -2.65. The summed E-state index contributed by atoms with van der Waals surface area (Å²) in [5.74, 6) is -29.2. The van der Waals surface area contributed by atoms with Crippen molar-refractivity contribution in [1.82, 2.24) is 0 Å². The van der Waals surface area contributed by atoms with Crippen LogP contribution in [0.3, 0.4) is 0 Å². The molecule has 1 spiro atoms. The Kier molecular flexibility index (Phi) is 9.87. The number of aliphatic hydroxyl groups excluding tert-OH is 3. The summed E-state index contributed by atoms with van der Waals surface area (Å²) < 4.78 is 35.8. The number of carbonyl (C=O) groups is 5. The van der Waals surface area contributed by atoms with Crippen molar-refractivity contribution in [2.45, 2.75) is 54.6 Å². The van der Waals surface area contributed by atoms with Crippen LogP contribution in [0.15, 0.2) is 48.2 Å². The van der Waals surface area contributed by atoms with Crippen molar-refractivity contribution in [1.29, 1.82) is 0 Å². The number of phenolic OH excluding ortho intramolecular Hbond substituents is 12. The SMILES string of the molecule is O=C1O[C@@H]([C@@H]2OC(=O)c3cc(O)c(O)c(O)c3-c3c(cc(O)c(O)c3O)C(=O)OC[C@H]2O)[C@H]2OC(=O)[C@H]3C(=C(O)C(=O)[C@]34Oc3cc(O)c5c(c3[C@@H]24)O[C@@H](c2ccc(O)c(O)c2)[C@@H](O)C5)c2c1cc(O)c(O)c2O. The molecule has 5 aromatic rings. The molecule has 9 atom stereocenters. The number of phenols is 12. The first-order valence-electron chi connectivity index (χ1n) is 21.7. The standard InChI is InChI=1S/C48H34O26/c49-15-2-1-10(3-17(15)51)38-21(55)4-11-16(50)8-23-27(39(11)70-38)29-41-42(73-46(67)14-7-20(54)33(59)36(62)26(14)28-30(47(68)72-41)48(29,74-23)43(64)37(28)63)40-22(56)9-69-44(65)12-5-18(52)31(57)34(60)24(12)25-13(45(66)71-40)6-19(53)32(58)35(25)61/h1-3,5-8,21-22,29-30,38,40-42,49-63H,4,9H2/t21-,22+,29-,30+,38-,40+,41-,42-,48+/m0/s1. The molecule has 6 aliphatic heterocycles. The Labute approximate surface area is 409 Å². The van der Waals surface area contributed by atoms with E-state index in [0.29, 0.717) is 18.2 Å². The molecular formula is C48H34O26. The normalized spacial score (nSPS) is 26.5. The first-order chi connectivity index (χ1) is 35.0.